The molecule has 126 valence electrons. The summed E-state index contributed by atoms with van der Waals surface area (Å²) in [6.45, 7) is 0.807. The van der Waals surface area contributed by atoms with Gasteiger partial charge in [-0.3, -0.25) is 14.2 Å². The zero-order chi connectivity index (χ0) is 17.6. The van der Waals surface area contributed by atoms with Gasteiger partial charge in [-0.2, -0.15) is 0 Å². The number of aromatic amines is 1. The lowest BCUT2D eigenvalue weighted by Crippen LogP contribution is -2.37. The Morgan fingerprint density at radius 3 is 2.67 bits per heavy atom. The fraction of sp³-hybridized carbons (Fsp3) is 0.267. The van der Waals surface area contributed by atoms with Crippen molar-refractivity contribution in [1.29, 1.82) is 0 Å². The van der Waals surface area contributed by atoms with E-state index in [1.165, 1.54) is 12.1 Å². The number of carbonyl (C=O) groups excluding carboxylic acids is 1. The summed E-state index contributed by atoms with van der Waals surface area (Å²) in [4.78, 5) is 40.8. The molecule has 0 radical (unpaired) electrons. The number of likely N-dealkylation sites (N-methyl/N-ethyl adjacent to an activating group) is 1. The standard InChI is InChI=1S/C15H15BrN4O4/c1-19(2)3-4-20-14(22)8-6-9-7(5-10(24-9)13(17)21)11(16)12(8)18-15(20)23/h5-6H,3-4H2,1-2H3,(H2,17,21)(H,18,23). The highest BCUT2D eigenvalue weighted by Gasteiger charge is 2.17. The quantitative estimate of drug-likeness (QED) is 0.680. The van der Waals surface area contributed by atoms with E-state index in [4.69, 9.17) is 10.2 Å². The van der Waals surface area contributed by atoms with E-state index in [9.17, 15) is 14.4 Å². The van der Waals surface area contributed by atoms with E-state index in [0.29, 0.717) is 27.5 Å². The molecule has 0 atom stereocenters. The van der Waals surface area contributed by atoms with E-state index < -0.39 is 17.2 Å². The van der Waals surface area contributed by atoms with Gasteiger partial charge in [-0.05, 0) is 42.2 Å². The summed E-state index contributed by atoms with van der Waals surface area (Å²) >= 11 is 3.36. The second kappa shape index (κ2) is 5.91. The minimum atomic E-state index is -0.709. The Morgan fingerprint density at radius 1 is 1.33 bits per heavy atom. The van der Waals surface area contributed by atoms with Crippen LogP contribution in [0.3, 0.4) is 0 Å². The van der Waals surface area contributed by atoms with Crippen molar-refractivity contribution in [2.45, 2.75) is 6.54 Å². The zero-order valence-electron chi connectivity index (χ0n) is 13.1. The highest BCUT2D eigenvalue weighted by atomic mass is 79.9. The number of hydrogen-bond acceptors (Lipinski definition) is 5. The predicted molar refractivity (Wildman–Crippen MR) is 93.4 cm³/mol. The van der Waals surface area contributed by atoms with Crippen molar-refractivity contribution < 1.29 is 9.21 Å². The van der Waals surface area contributed by atoms with Crippen LogP contribution in [0, 0.1) is 0 Å². The lowest BCUT2D eigenvalue weighted by atomic mass is 10.2. The summed E-state index contributed by atoms with van der Waals surface area (Å²) in [6, 6.07) is 2.98. The van der Waals surface area contributed by atoms with Crippen LogP contribution in [0.25, 0.3) is 21.9 Å². The Labute approximate surface area is 144 Å². The van der Waals surface area contributed by atoms with E-state index >= 15 is 0 Å². The number of hydrogen-bond donors (Lipinski definition) is 2. The maximum Gasteiger partial charge on any atom is 0.328 e. The Balaban J connectivity index is 2.31. The number of amides is 1. The molecule has 0 spiro atoms. The lowest BCUT2D eigenvalue weighted by Gasteiger charge is -2.11. The van der Waals surface area contributed by atoms with Gasteiger partial charge in [0.15, 0.2) is 5.76 Å². The Kier molecular flexibility index (Phi) is 4.06. The number of fused-ring (bicyclic) bond motifs is 2. The molecule has 0 fully saturated rings. The molecule has 2 aromatic heterocycles. The first-order valence-corrected chi connectivity index (χ1v) is 7.92. The van der Waals surface area contributed by atoms with Gasteiger partial charge in [-0.1, -0.05) is 0 Å². The molecule has 0 saturated heterocycles. The van der Waals surface area contributed by atoms with Gasteiger partial charge in [0, 0.05) is 18.5 Å². The van der Waals surface area contributed by atoms with Gasteiger partial charge in [0.1, 0.15) is 5.58 Å². The lowest BCUT2D eigenvalue weighted by molar-refractivity contribution is 0.0976. The molecule has 0 aliphatic heterocycles. The molecule has 8 nitrogen and oxygen atoms in total. The number of nitrogens with one attached hydrogen (secondary N) is 1. The Hall–Kier alpha value is -2.39. The highest BCUT2D eigenvalue weighted by Crippen LogP contribution is 2.32. The van der Waals surface area contributed by atoms with Gasteiger partial charge in [-0.25, -0.2) is 4.79 Å². The maximum absolute atomic E-state index is 12.7. The molecule has 1 amide bonds. The fourth-order valence-electron chi connectivity index (χ4n) is 2.47. The van der Waals surface area contributed by atoms with Gasteiger partial charge in [0.2, 0.25) is 0 Å². The molecule has 1 aromatic carbocycles. The number of carbonyl (C=O) groups is 1. The van der Waals surface area contributed by atoms with Crippen molar-refractivity contribution in [1.82, 2.24) is 14.5 Å². The molecule has 0 unspecified atom stereocenters. The fourth-order valence-corrected chi connectivity index (χ4v) is 3.09. The third-order valence-electron chi connectivity index (χ3n) is 3.73. The van der Waals surface area contributed by atoms with Crippen LogP contribution < -0.4 is 17.0 Å². The molecule has 3 aromatic rings. The smallest absolute Gasteiger partial charge is 0.328 e. The number of furan rings is 1. The van der Waals surface area contributed by atoms with Crippen LogP contribution in [0.4, 0.5) is 0 Å². The molecule has 3 rings (SSSR count). The van der Waals surface area contributed by atoms with Gasteiger partial charge in [-0.15, -0.1) is 0 Å². The monoisotopic (exact) mass is 394 g/mol. The van der Waals surface area contributed by atoms with Crippen molar-refractivity contribution in [3.05, 3.63) is 43.2 Å². The van der Waals surface area contributed by atoms with E-state index in [1.54, 1.807) is 0 Å². The average molecular weight is 395 g/mol. The number of halogens is 1. The summed E-state index contributed by atoms with van der Waals surface area (Å²) in [5.74, 6) is -0.727. The number of nitrogens with zero attached hydrogens (tertiary/aromatic N) is 2. The predicted octanol–water partition coefficient (Wildman–Crippen LogP) is 0.859. The Bertz CT molecular complexity index is 1080. The first-order valence-electron chi connectivity index (χ1n) is 7.13. The molecule has 2 heterocycles. The highest BCUT2D eigenvalue weighted by molar-refractivity contribution is 9.10. The minimum absolute atomic E-state index is 0.0173. The largest absolute Gasteiger partial charge is 0.451 e. The normalized spacial score (nSPS) is 11.7. The van der Waals surface area contributed by atoms with E-state index in [1.807, 2.05) is 19.0 Å². The van der Waals surface area contributed by atoms with Gasteiger partial charge in [0.05, 0.1) is 15.4 Å². The molecular formula is C15H15BrN4O4. The van der Waals surface area contributed by atoms with Crippen LogP contribution in [0.15, 0.2) is 30.6 Å². The van der Waals surface area contributed by atoms with Crippen LogP contribution in [0.1, 0.15) is 10.6 Å². The number of benzene rings is 1. The summed E-state index contributed by atoms with van der Waals surface area (Å²) in [5.41, 5.74) is 5.01. The number of nitrogens with two attached hydrogens (primary N) is 1. The number of primary amides is 1. The molecule has 0 bridgehead atoms. The number of aromatic nitrogens is 2. The first-order chi connectivity index (χ1) is 11.3. The Morgan fingerprint density at radius 2 is 2.04 bits per heavy atom. The second-order valence-corrected chi connectivity index (χ2v) is 6.48. The van der Waals surface area contributed by atoms with Crippen molar-refractivity contribution >= 4 is 43.7 Å². The number of H-pyrrole nitrogens is 1. The molecule has 3 N–H and O–H groups in total. The van der Waals surface area contributed by atoms with Crippen LogP contribution >= 0.6 is 15.9 Å². The summed E-state index contributed by atoms with van der Waals surface area (Å²) in [7, 11) is 3.71. The minimum Gasteiger partial charge on any atom is -0.451 e. The third-order valence-corrected chi connectivity index (χ3v) is 4.55. The molecule has 0 aliphatic rings. The van der Waals surface area contributed by atoms with E-state index in [2.05, 4.69) is 20.9 Å². The van der Waals surface area contributed by atoms with Crippen molar-refractivity contribution in [3.8, 4) is 0 Å². The average Bonchev–Trinajstić information content (AvgIpc) is 2.93. The molecule has 0 saturated carbocycles. The van der Waals surface area contributed by atoms with Crippen molar-refractivity contribution in [2.75, 3.05) is 20.6 Å². The SMILES string of the molecule is CN(C)CCn1c(=O)[nH]c2c(Br)c3cc(C(N)=O)oc3cc2c1=O. The van der Waals surface area contributed by atoms with Gasteiger partial charge < -0.3 is 20.0 Å². The first kappa shape index (κ1) is 16.5. The topological polar surface area (TPSA) is 114 Å². The van der Waals surface area contributed by atoms with Crippen molar-refractivity contribution in [3.63, 3.8) is 0 Å². The van der Waals surface area contributed by atoms with Crippen LogP contribution in [-0.4, -0.2) is 41.0 Å². The van der Waals surface area contributed by atoms with Crippen LogP contribution in [-0.2, 0) is 6.54 Å². The summed E-state index contributed by atoms with van der Waals surface area (Å²) in [6.07, 6.45) is 0. The molecular weight excluding hydrogens is 380 g/mol. The number of rotatable bonds is 4. The van der Waals surface area contributed by atoms with Crippen LogP contribution in [0.5, 0.6) is 0 Å². The van der Waals surface area contributed by atoms with Crippen molar-refractivity contribution in [2.24, 2.45) is 5.73 Å². The zero-order valence-corrected chi connectivity index (χ0v) is 14.6. The second-order valence-electron chi connectivity index (χ2n) is 5.69. The molecule has 0 aliphatic carbocycles. The maximum atomic E-state index is 12.7. The summed E-state index contributed by atoms with van der Waals surface area (Å²) < 4.78 is 7.00. The van der Waals surface area contributed by atoms with Gasteiger partial charge >= 0.3 is 5.69 Å². The van der Waals surface area contributed by atoms with E-state index in [-0.39, 0.29) is 17.7 Å². The van der Waals surface area contributed by atoms with E-state index in [0.717, 1.165) is 4.57 Å². The third kappa shape index (κ3) is 2.65. The molecule has 9 heteroatoms. The summed E-state index contributed by atoms with van der Waals surface area (Å²) in [5, 5.41) is 0.843. The molecule has 24 heavy (non-hydrogen) atoms. The van der Waals surface area contributed by atoms with Crippen LogP contribution in [0.2, 0.25) is 0 Å². The van der Waals surface area contributed by atoms with Gasteiger partial charge in [0.25, 0.3) is 11.5 Å².